The van der Waals surface area contributed by atoms with Crippen molar-refractivity contribution < 1.29 is 9.53 Å². The van der Waals surface area contributed by atoms with E-state index in [0.717, 1.165) is 18.8 Å². The van der Waals surface area contributed by atoms with Gasteiger partial charge in [0.25, 0.3) is 5.91 Å². The molecule has 0 bridgehead atoms. The van der Waals surface area contributed by atoms with Crippen LogP contribution in [0.3, 0.4) is 0 Å². The van der Waals surface area contributed by atoms with E-state index in [1.165, 1.54) is 19.3 Å². The number of carbonyl (C=O) groups excluding carboxylic acids is 1. The first-order valence-corrected chi connectivity index (χ1v) is 6.44. The van der Waals surface area contributed by atoms with E-state index >= 15 is 0 Å². The zero-order chi connectivity index (χ0) is 12.8. The summed E-state index contributed by atoms with van der Waals surface area (Å²) in [7, 11) is 1.62. The van der Waals surface area contributed by atoms with Crippen LogP contribution in [0.5, 0.6) is 5.75 Å². The number of likely N-dealkylation sites (tertiary alicyclic amines) is 1. The molecule has 1 heterocycles. The molecule has 18 heavy (non-hydrogen) atoms. The molecule has 98 valence electrons. The van der Waals surface area contributed by atoms with Gasteiger partial charge in [0.1, 0.15) is 5.75 Å². The Hall–Kier alpha value is -1.55. The number of ether oxygens (including phenoxy) is 1. The summed E-state index contributed by atoms with van der Waals surface area (Å²) in [6.07, 6.45) is 3.78. The van der Waals surface area contributed by atoms with Gasteiger partial charge in [-0.15, -0.1) is 0 Å². The number of hydrogen-bond donors (Lipinski definition) is 1. The van der Waals surface area contributed by atoms with Gasteiger partial charge in [0.05, 0.1) is 13.8 Å². The van der Waals surface area contributed by atoms with Crippen LogP contribution < -0.4 is 10.1 Å². The molecule has 0 aliphatic carbocycles. The zero-order valence-electron chi connectivity index (χ0n) is 10.8. The van der Waals surface area contributed by atoms with Gasteiger partial charge in [0.15, 0.2) is 0 Å². The molecule has 1 aromatic carbocycles. The highest BCUT2D eigenvalue weighted by molar-refractivity contribution is 5.94. The van der Waals surface area contributed by atoms with Crippen LogP contribution in [0, 0.1) is 0 Å². The number of hydrogen-bond acceptors (Lipinski definition) is 3. The van der Waals surface area contributed by atoms with E-state index in [9.17, 15) is 4.79 Å². The van der Waals surface area contributed by atoms with E-state index < -0.39 is 0 Å². The fraction of sp³-hybridized carbons (Fsp3) is 0.500. The third kappa shape index (κ3) is 3.47. The summed E-state index contributed by atoms with van der Waals surface area (Å²) in [4.78, 5) is 14.2. The molecule has 1 amide bonds. The SMILES string of the molecule is COc1ccc(C(=O)NCN2CCCCC2)cc1. The van der Waals surface area contributed by atoms with E-state index in [1.807, 2.05) is 0 Å². The van der Waals surface area contributed by atoms with Crippen molar-refractivity contribution in [1.29, 1.82) is 0 Å². The monoisotopic (exact) mass is 248 g/mol. The fourth-order valence-electron chi connectivity index (χ4n) is 2.15. The Morgan fingerprint density at radius 2 is 1.89 bits per heavy atom. The lowest BCUT2D eigenvalue weighted by Crippen LogP contribution is -2.40. The zero-order valence-corrected chi connectivity index (χ0v) is 10.8. The van der Waals surface area contributed by atoms with E-state index in [0.29, 0.717) is 12.2 Å². The van der Waals surface area contributed by atoms with Crippen LogP contribution in [0.2, 0.25) is 0 Å². The van der Waals surface area contributed by atoms with Crippen molar-refractivity contribution in [2.75, 3.05) is 26.9 Å². The van der Waals surface area contributed by atoms with E-state index in [2.05, 4.69) is 10.2 Å². The molecule has 0 saturated carbocycles. The molecule has 0 unspecified atom stereocenters. The van der Waals surface area contributed by atoms with Crippen LogP contribution in [0.1, 0.15) is 29.6 Å². The molecule has 4 nitrogen and oxygen atoms in total. The van der Waals surface area contributed by atoms with Gasteiger partial charge < -0.3 is 10.1 Å². The lowest BCUT2D eigenvalue weighted by molar-refractivity contribution is 0.0914. The number of nitrogens with one attached hydrogen (secondary N) is 1. The maximum Gasteiger partial charge on any atom is 0.252 e. The number of rotatable bonds is 4. The van der Waals surface area contributed by atoms with Crippen LogP contribution in [0.25, 0.3) is 0 Å². The van der Waals surface area contributed by atoms with Crippen LogP contribution >= 0.6 is 0 Å². The summed E-state index contributed by atoms with van der Waals surface area (Å²) >= 11 is 0. The summed E-state index contributed by atoms with van der Waals surface area (Å²) in [6.45, 7) is 2.82. The molecule has 0 aromatic heterocycles. The standard InChI is InChI=1S/C14H20N2O2/c1-18-13-7-5-12(6-8-13)14(17)15-11-16-9-3-2-4-10-16/h5-8H,2-4,9-11H2,1H3,(H,15,17). The first-order chi connectivity index (χ1) is 8.79. The van der Waals surface area contributed by atoms with Crippen molar-refractivity contribution in [1.82, 2.24) is 10.2 Å². The van der Waals surface area contributed by atoms with Crippen molar-refractivity contribution in [3.8, 4) is 5.75 Å². The molecule has 1 aliphatic heterocycles. The summed E-state index contributed by atoms with van der Waals surface area (Å²) in [6, 6.07) is 7.17. The number of amides is 1. The van der Waals surface area contributed by atoms with E-state index in [-0.39, 0.29) is 5.91 Å². The number of carbonyl (C=O) groups is 1. The minimum Gasteiger partial charge on any atom is -0.497 e. The smallest absolute Gasteiger partial charge is 0.252 e. The van der Waals surface area contributed by atoms with Gasteiger partial charge in [-0.2, -0.15) is 0 Å². The fourth-order valence-corrected chi connectivity index (χ4v) is 2.15. The molecule has 1 aliphatic rings. The Morgan fingerprint density at radius 3 is 2.50 bits per heavy atom. The van der Waals surface area contributed by atoms with Crippen molar-refractivity contribution >= 4 is 5.91 Å². The molecule has 0 radical (unpaired) electrons. The second kappa shape index (κ2) is 6.40. The largest absolute Gasteiger partial charge is 0.497 e. The summed E-state index contributed by atoms with van der Waals surface area (Å²) < 4.78 is 5.06. The number of nitrogens with zero attached hydrogens (tertiary/aromatic N) is 1. The second-order valence-corrected chi connectivity index (χ2v) is 4.57. The summed E-state index contributed by atoms with van der Waals surface area (Å²) in [5.41, 5.74) is 0.674. The Kier molecular flexibility index (Phi) is 4.59. The topological polar surface area (TPSA) is 41.6 Å². The Morgan fingerprint density at radius 1 is 1.22 bits per heavy atom. The van der Waals surface area contributed by atoms with Gasteiger partial charge in [-0.1, -0.05) is 6.42 Å². The first kappa shape index (κ1) is 12.9. The quantitative estimate of drug-likeness (QED) is 0.884. The third-order valence-corrected chi connectivity index (χ3v) is 3.26. The highest BCUT2D eigenvalue weighted by atomic mass is 16.5. The summed E-state index contributed by atoms with van der Waals surface area (Å²) in [5, 5.41) is 2.95. The van der Waals surface area contributed by atoms with Crippen LogP contribution in [0.4, 0.5) is 0 Å². The van der Waals surface area contributed by atoms with E-state index in [1.54, 1.807) is 31.4 Å². The highest BCUT2D eigenvalue weighted by Crippen LogP contribution is 2.11. The molecular weight excluding hydrogens is 228 g/mol. The van der Waals surface area contributed by atoms with Crippen LogP contribution in [-0.4, -0.2) is 37.7 Å². The Bertz CT molecular complexity index is 383. The number of piperidine rings is 1. The Labute approximate surface area is 108 Å². The molecule has 1 saturated heterocycles. The average molecular weight is 248 g/mol. The van der Waals surface area contributed by atoms with Crippen molar-refractivity contribution in [2.24, 2.45) is 0 Å². The average Bonchev–Trinajstić information content (AvgIpc) is 2.46. The Balaban J connectivity index is 1.82. The predicted molar refractivity (Wildman–Crippen MR) is 70.8 cm³/mol. The third-order valence-electron chi connectivity index (χ3n) is 3.26. The van der Waals surface area contributed by atoms with Crippen LogP contribution in [-0.2, 0) is 0 Å². The van der Waals surface area contributed by atoms with Gasteiger partial charge in [-0.3, -0.25) is 9.69 Å². The van der Waals surface area contributed by atoms with Gasteiger partial charge in [-0.25, -0.2) is 0 Å². The highest BCUT2D eigenvalue weighted by Gasteiger charge is 2.11. The van der Waals surface area contributed by atoms with Gasteiger partial charge >= 0.3 is 0 Å². The lowest BCUT2D eigenvalue weighted by Gasteiger charge is -2.26. The minimum absolute atomic E-state index is 0.0248. The summed E-state index contributed by atoms with van der Waals surface area (Å²) in [5.74, 6) is 0.741. The lowest BCUT2D eigenvalue weighted by atomic mass is 10.1. The molecule has 2 rings (SSSR count). The predicted octanol–water partition coefficient (Wildman–Crippen LogP) is 1.87. The van der Waals surface area contributed by atoms with Crippen molar-refractivity contribution in [3.05, 3.63) is 29.8 Å². The number of methoxy groups -OCH3 is 1. The number of benzene rings is 1. The normalized spacial score (nSPS) is 16.3. The molecule has 1 N–H and O–H groups in total. The molecule has 1 aromatic rings. The van der Waals surface area contributed by atoms with E-state index in [4.69, 9.17) is 4.74 Å². The van der Waals surface area contributed by atoms with Gasteiger partial charge in [-0.05, 0) is 50.2 Å². The van der Waals surface area contributed by atoms with Crippen LogP contribution in [0.15, 0.2) is 24.3 Å². The van der Waals surface area contributed by atoms with Gasteiger partial charge in [0.2, 0.25) is 0 Å². The minimum atomic E-state index is -0.0248. The van der Waals surface area contributed by atoms with Crippen molar-refractivity contribution in [2.45, 2.75) is 19.3 Å². The first-order valence-electron chi connectivity index (χ1n) is 6.44. The molecule has 0 atom stereocenters. The molecule has 4 heteroatoms. The molecule has 0 spiro atoms. The molecular formula is C14H20N2O2. The van der Waals surface area contributed by atoms with Gasteiger partial charge in [0, 0.05) is 5.56 Å². The maximum atomic E-state index is 11.9. The van der Waals surface area contributed by atoms with Crippen molar-refractivity contribution in [3.63, 3.8) is 0 Å². The second-order valence-electron chi connectivity index (χ2n) is 4.57. The maximum absolute atomic E-state index is 11.9. The molecule has 1 fully saturated rings.